The molecule has 0 bridgehead atoms. The van der Waals surface area contributed by atoms with Gasteiger partial charge in [0.2, 0.25) is 0 Å². The fourth-order valence-electron chi connectivity index (χ4n) is 1.36. The molecule has 0 aromatic carbocycles. The highest BCUT2D eigenvalue weighted by molar-refractivity contribution is 7.13. The van der Waals surface area contributed by atoms with Crippen LogP contribution in [-0.4, -0.2) is 43.0 Å². The van der Waals surface area contributed by atoms with Gasteiger partial charge in [-0.1, -0.05) is 6.92 Å². The van der Waals surface area contributed by atoms with Crippen LogP contribution >= 0.6 is 23.7 Å². The average molecular weight is 278 g/mol. The van der Waals surface area contributed by atoms with Crippen molar-refractivity contribution >= 4 is 29.7 Å². The molecule has 0 aliphatic heterocycles. The van der Waals surface area contributed by atoms with Crippen LogP contribution in [0.3, 0.4) is 0 Å². The highest BCUT2D eigenvalue weighted by Gasteiger charge is 2.17. The minimum Gasteiger partial charge on any atom is -0.340 e. The molecule has 4 nitrogen and oxygen atoms in total. The van der Waals surface area contributed by atoms with Crippen LogP contribution in [0.1, 0.15) is 27.3 Å². The first-order valence-electron chi connectivity index (χ1n) is 5.46. The fourth-order valence-corrected chi connectivity index (χ4v) is 2.36. The normalized spacial score (nSPS) is 9.88. The van der Waals surface area contributed by atoms with Crippen LogP contribution < -0.4 is 5.32 Å². The molecule has 1 aromatic rings. The van der Waals surface area contributed by atoms with E-state index >= 15 is 0 Å². The molecule has 0 saturated carbocycles. The number of carbonyl (C=O) groups excluding carboxylic acids is 1. The maximum Gasteiger partial charge on any atom is 0.265 e. The molecule has 0 saturated heterocycles. The Balaban J connectivity index is 0.00000256. The van der Waals surface area contributed by atoms with Gasteiger partial charge in [-0.25, -0.2) is 4.98 Å². The van der Waals surface area contributed by atoms with Crippen molar-refractivity contribution in [1.29, 1.82) is 0 Å². The van der Waals surface area contributed by atoms with Crippen molar-refractivity contribution in [2.45, 2.75) is 20.3 Å². The summed E-state index contributed by atoms with van der Waals surface area (Å²) in [5.74, 6) is 0.0740. The zero-order chi connectivity index (χ0) is 12.1. The molecule has 17 heavy (non-hydrogen) atoms. The number of aromatic nitrogens is 1. The second kappa shape index (κ2) is 7.63. The van der Waals surface area contributed by atoms with Gasteiger partial charge >= 0.3 is 0 Å². The number of thiazole rings is 1. The minimum absolute atomic E-state index is 0. The van der Waals surface area contributed by atoms with Crippen LogP contribution in [0.5, 0.6) is 0 Å². The molecular weight excluding hydrogens is 258 g/mol. The van der Waals surface area contributed by atoms with Gasteiger partial charge in [0.1, 0.15) is 4.88 Å². The van der Waals surface area contributed by atoms with Crippen molar-refractivity contribution in [3.8, 4) is 0 Å². The third-order valence-corrected chi connectivity index (χ3v) is 3.67. The van der Waals surface area contributed by atoms with Crippen molar-refractivity contribution in [2.24, 2.45) is 0 Å². The van der Waals surface area contributed by atoms with Crippen LogP contribution in [0.25, 0.3) is 0 Å². The van der Waals surface area contributed by atoms with Crippen LogP contribution in [0.4, 0.5) is 0 Å². The summed E-state index contributed by atoms with van der Waals surface area (Å²) in [6, 6.07) is 0. The highest BCUT2D eigenvalue weighted by Crippen LogP contribution is 2.19. The fraction of sp³-hybridized carbons (Fsp3) is 0.636. The van der Waals surface area contributed by atoms with Crippen LogP contribution in [-0.2, 0) is 6.42 Å². The topological polar surface area (TPSA) is 45.2 Å². The van der Waals surface area contributed by atoms with E-state index in [1.807, 2.05) is 21.0 Å². The second-order valence-corrected chi connectivity index (χ2v) is 4.79. The SMILES string of the molecule is CCc1nc(C)c(C(=O)N(C)CCNC)s1.Cl. The van der Waals surface area contributed by atoms with Gasteiger partial charge in [-0.2, -0.15) is 0 Å². The number of aryl methyl sites for hydroxylation is 2. The van der Waals surface area contributed by atoms with Crippen molar-refractivity contribution < 1.29 is 4.79 Å². The molecular formula is C11H20ClN3OS. The Kier molecular flexibility index (Phi) is 7.34. The van der Waals surface area contributed by atoms with Crippen molar-refractivity contribution in [3.63, 3.8) is 0 Å². The second-order valence-electron chi connectivity index (χ2n) is 3.71. The zero-order valence-electron chi connectivity index (χ0n) is 10.7. The van der Waals surface area contributed by atoms with E-state index < -0.39 is 0 Å². The lowest BCUT2D eigenvalue weighted by molar-refractivity contribution is 0.0800. The van der Waals surface area contributed by atoms with Crippen LogP contribution in [0.15, 0.2) is 0 Å². The lowest BCUT2D eigenvalue weighted by Gasteiger charge is -2.15. The van der Waals surface area contributed by atoms with Crippen LogP contribution in [0, 0.1) is 6.92 Å². The molecule has 1 heterocycles. The molecule has 0 fully saturated rings. The minimum atomic E-state index is 0. The van der Waals surface area contributed by atoms with Gasteiger partial charge in [-0.15, -0.1) is 23.7 Å². The Bertz CT molecular complexity index is 368. The van der Waals surface area contributed by atoms with E-state index in [0.717, 1.165) is 28.5 Å². The largest absolute Gasteiger partial charge is 0.340 e. The number of carbonyl (C=O) groups is 1. The summed E-state index contributed by atoms with van der Waals surface area (Å²) in [5.41, 5.74) is 0.850. The Morgan fingerprint density at radius 3 is 2.65 bits per heavy atom. The molecule has 1 N–H and O–H groups in total. The molecule has 98 valence electrons. The molecule has 0 spiro atoms. The maximum absolute atomic E-state index is 12.1. The summed E-state index contributed by atoms with van der Waals surface area (Å²) in [6.45, 7) is 5.47. The first-order chi connectivity index (χ1) is 7.60. The monoisotopic (exact) mass is 277 g/mol. The van der Waals surface area contributed by atoms with Crippen LogP contribution in [0.2, 0.25) is 0 Å². The summed E-state index contributed by atoms with van der Waals surface area (Å²) < 4.78 is 0. The van der Waals surface area contributed by atoms with E-state index in [2.05, 4.69) is 17.2 Å². The number of amides is 1. The molecule has 1 rings (SSSR count). The summed E-state index contributed by atoms with van der Waals surface area (Å²) in [6.07, 6.45) is 0.888. The van der Waals surface area contributed by atoms with Gasteiger partial charge in [0.25, 0.3) is 5.91 Å². The Hall–Kier alpha value is -0.650. The van der Waals surface area contributed by atoms with E-state index in [9.17, 15) is 4.79 Å². The molecule has 0 aliphatic carbocycles. The van der Waals surface area contributed by atoms with E-state index in [1.54, 1.807) is 4.90 Å². The van der Waals surface area contributed by atoms with E-state index in [-0.39, 0.29) is 18.3 Å². The predicted octanol–water partition coefficient (Wildman–Crippen LogP) is 1.73. The number of nitrogens with one attached hydrogen (secondary N) is 1. The summed E-state index contributed by atoms with van der Waals surface area (Å²) >= 11 is 1.51. The van der Waals surface area contributed by atoms with Crippen molar-refractivity contribution in [2.75, 3.05) is 27.2 Å². The molecule has 0 unspecified atom stereocenters. The standard InChI is InChI=1S/C11H19N3OS.ClH/c1-5-9-13-8(2)10(16-9)11(15)14(4)7-6-12-3;/h12H,5-7H2,1-4H3;1H. The Morgan fingerprint density at radius 2 is 2.18 bits per heavy atom. The summed E-state index contributed by atoms with van der Waals surface area (Å²) in [7, 11) is 3.70. The number of hydrogen-bond acceptors (Lipinski definition) is 4. The van der Waals surface area contributed by atoms with Crippen molar-refractivity contribution in [1.82, 2.24) is 15.2 Å². The molecule has 6 heteroatoms. The maximum atomic E-state index is 12.1. The van der Waals surface area contributed by atoms with Gasteiger partial charge in [0, 0.05) is 20.1 Å². The average Bonchev–Trinajstić information content (AvgIpc) is 2.66. The lowest BCUT2D eigenvalue weighted by atomic mass is 10.3. The highest BCUT2D eigenvalue weighted by atomic mass is 35.5. The first kappa shape index (κ1) is 16.4. The van der Waals surface area contributed by atoms with Crippen molar-refractivity contribution in [3.05, 3.63) is 15.6 Å². The number of nitrogens with zero attached hydrogens (tertiary/aromatic N) is 2. The van der Waals surface area contributed by atoms with Gasteiger partial charge in [0.05, 0.1) is 10.7 Å². The lowest BCUT2D eigenvalue weighted by Crippen LogP contribution is -2.32. The molecule has 0 radical (unpaired) electrons. The first-order valence-corrected chi connectivity index (χ1v) is 6.28. The number of hydrogen-bond donors (Lipinski definition) is 1. The van der Waals surface area contributed by atoms with E-state index in [0.29, 0.717) is 6.54 Å². The van der Waals surface area contributed by atoms with Gasteiger partial charge in [-0.3, -0.25) is 4.79 Å². The smallest absolute Gasteiger partial charge is 0.265 e. The van der Waals surface area contributed by atoms with E-state index in [4.69, 9.17) is 0 Å². The molecule has 1 amide bonds. The Morgan fingerprint density at radius 1 is 1.53 bits per heavy atom. The molecule has 1 aromatic heterocycles. The van der Waals surface area contributed by atoms with Gasteiger partial charge in [-0.05, 0) is 20.4 Å². The van der Waals surface area contributed by atoms with E-state index in [1.165, 1.54) is 11.3 Å². The molecule has 0 atom stereocenters. The van der Waals surface area contributed by atoms with Gasteiger partial charge < -0.3 is 10.2 Å². The summed E-state index contributed by atoms with van der Waals surface area (Å²) in [4.78, 5) is 18.9. The zero-order valence-corrected chi connectivity index (χ0v) is 12.4. The number of rotatable bonds is 5. The molecule has 0 aliphatic rings. The van der Waals surface area contributed by atoms with Gasteiger partial charge in [0.15, 0.2) is 0 Å². The third-order valence-electron chi connectivity index (χ3n) is 2.38. The quantitative estimate of drug-likeness (QED) is 0.892. The third kappa shape index (κ3) is 4.26. The summed E-state index contributed by atoms with van der Waals surface area (Å²) in [5, 5.41) is 4.06. The number of likely N-dealkylation sites (N-methyl/N-ethyl adjacent to an activating group) is 2. The Labute approximate surface area is 113 Å². The number of halogens is 1. The predicted molar refractivity (Wildman–Crippen MR) is 74.4 cm³/mol.